The van der Waals surface area contributed by atoms with Gasteiger partial charge in [0.1, 0.15) is 13.2 Å². The second-order valence-corrected chi connectivity index (χ2v) is 11.0. The lowest BCUT2D eigenvalue weighted by Crippen LogP contribution is -2.39. The fourth-order valence-electron chi connectivity index (χ4n) is 3.89. The molecule has 4 rings (SSSR count). The van der Waals surface area contributed by atoms with Crippen LogP contribution in [0.3, 0.4) is 0 Å². The lowest BCUT2D eigenvalue weighted by molar-refractivity contribution is -0.119. The molecule has 10 heteroatoms. The molecule has 4 aromatic carbocycles. The van der Waals surface area contributed by atoms with Crippen molar-refractivity contribution in [2.45, 2.75) is 13.5 Å². The minimum atomic E-state index is -3.74. The van der Waals surface area contributed by atoms with Gasteiger partial charge in [0.25, 0.3) is 5.91 Å². The van der Waals surface area contributed by atoms with Crippen LogP contribution in [0.5, 0.6) is 11.5 Å². The SMILES string of the molecule is CCOc1cc(/C=N\NC(=O)CN(c2cccc3ccccc23)S(C)(=O)=O)ccc1OCc1ccc(Cl)cc1. The van der Waals surface area contributed by atoms with Crippen molar-refractivity contribution in [3.63, 3.8) is 0 Å². The maximum atomic E-state index is 12.7. The van der Waals surface area contributed by atoms with E-state index in [0.717, 1.165) is 26.9 Å². The number of nitrogens with zero attached hydrogens (tertiary/aromatic N) is 2. The van der Waals surface area contributed by atoms with Gasteiger partial charge in [0.05, 0.1) is 24.8 Å². The fourth-order valence-corrected chi connectivity index (χ4v) is 4.88. The average Bonchev–Trinajstić information content (AvgIpc) is 2.91. The zero-order chi connectivity index (χ0) is 27.8. The standard InChI is InChI=1S/C29H28ClN3O5S/c1-3-37-28-17-22(13-16-27(28)38-20-21-11-14-24(30)15-12-21)18-31-32-29(34)19-33(39(2,35)36)26-10-6-8-23-7-4-5-9-25(23)26/h4-18H,3,19-20H2,1-2H3,(H,32,34)/b31-18-. The topological polar surface area (TPSA) is 97.3 Å². The van der Waals surface area contributed by atoms with Crippen molar-refractivity contribution >= 4 is 50.2 Å². The largest absolute Gasteiger partial charge is 0.490 e. The van der Waals surface area contributed by atoms with E-state index in [1.165, 1.54) is 6.21 Å². The van der Waals surface area contributed by atoms with Crippen LogP contribution in [-0.2, 0) is 21.4 Å². The summed E-state index contributed by atoms with van der Waals surface area (Å²) in [6, 6.07) is 25.4. The van der Waals surface area contributed by atoms with E-state index in [1.54, 1.807) is 42.5 Å². The van der Waals surface area contributed by atoms with Gasteiger partial charge >= 0.3 is 0 Å². The van der Waals surface area contributed by atoms with E-state index in [4.69, 9.17) is 21.1 Å². The Morgan fingerprint density at radius 3 is 2.46 bits per heavy atom. The number of hydrazone groups is 1. The van der Waals surface area contributed by atoms with E-state index in [2.05, 4.69) is 10.5 Å². The van der Waals surface area contributed by atoms with E-state index < -0.39 is 22.5 Å². The Morgan fingerprint density at radius 1 is 0.974 bits per heavy atom. The van der Waals surface area contributed by atoms with Crippen LogP contribution in [0.15, 0.2) is 90.0 Å². The predicted molar refractivity (Wildman–Crippen MR) is 155 cm³/mol. The Morgan fingerprint density at radius 2 is 1.72 bits per heavy atom. The lowest BCUT2D eigenvalue weighted by atomic mass is 10.1. The van der Waals surface area contributed by atoms with Gasteiger partial charge in [-0.1, -0.05) is 60.1 Å². The molecule has 202 valence electrons. The molecule has 0 heterocycles. The molecule has 39 heavy (non-hydrogen) atoms. The Labute approximate surface area is 232 Å². The number of ether oxygens (including phenoxy) is 2. The molecule has 0 saturated carbocycles. The van der Waals surface area contributed by atoms with Crippen molar-refractivity contribution in [1.29, 1.82) is 0 Å². The maximum Gasteiger partial charge on any atom is 0.260 e. The number of sulfonamides is 1. The van der Waals surface area contributed by atoms with Crippen molar-refractivity contribution in [2.24, 2.45) is 5.10 Å². The quantitative estimate of drug-likeness (QED) is 0.194. The summed E-state index contributed by atoms with van der Waals surface area (Å²) in [6.45, 7) is 2.22. The van der Waals surface area contributed by atoms with Gasteiger partial charge in [-0.25, -0.2) is 13.8 Å². The van der Waals surface area contributed by atoms with E-state index in [9.17, 15) is 13.2 Å². The van der Waals surface area contributed by atoms with Crippen LogP contribution in [-0.4, -0.2) is 39.9 Å². The van der Waals surface area contributed by atoms with Crippen LogP contribution in [0.25, 0.3) is 10.8 Å². The van der Waals surface area contributed by atoms with Crippen molar-refractivity contribution in [3.05, 3.63) is 101 Å². The number of carbonyl (C=O) groups excluding carboxylic acids is 1. The Hall–Kier alpha value is -4.08. The van der Waals surface area contributed by atoms with Gasteiger partial charge in [-0.05, 0) is 59.8 Å². The number of rotatable bonds is 11. The van der Waals surface area contributed by atoms with Gasteiger partial charge in [-0.3, -0.25) is 9.10 Å². The molecule has 0 aromatic heterocycles. The first-order valence-electron chi connectivity index (χ1n) is 12.2. The monoisotopic (exact) mass is 565 g/mol. The van der Waals surface area contributed by atoms with Gasteiger partial charge in [-0.15, -0.1) is 0 Å². The lowest BCUT2D eigenvalue weighted by Gasteiger charge is -2.23. The molecule has 0 spiro atoms. The van der Waals surface area contributed by atoms with Crippen LogP contribution >= 0.6 is 11.6 Å². The summed E-state index contributed by atoms with van der Waals surface area (Å²) >= 11 is 5.94. The molecular weight excluding hydrogens is 538 g/mol. The number of hydrogen-bond acceptors (Lipinski definition) is 6. The number of hydrogen-bond donors (Lipinski definition) is 1. The molecule has 0 fully saturated rings. The molecule has 0 unspecified atom stereocenters. The second-order valence-electron chi connectivity index (χ2n) is 8.62. The molecule has 0 bridgehead atoms. The number of halogens is 1. The average molecular weight is 566 g/mol. The summed E-state index contributed by atoms with van der Waals surface area (Å²) in [7, 11) is -3.74. The van der Waals surface area contributed by atoms with E-state index >= 15 is 0 Å². The molecule has 0 aliphatic heterocycles. The van der Waals surface area contributed by atoms with Gasteiger partial charge in [0.2, 0.25) is 10.0 Å². The van der Waals surface area contributed by atoms with Gasteiger partial charge in [0.15, 0.2) is 11.5 Å². The highest BCUT2D eigenvalue weighted by molar-refractivity contribution is 7.92. The first kappa shape index (κ1) is 27.9. The molecule has 0 radical (unpaired) electrons. The smallest absolute Gasteiger partial charge is 0.260 e. The minimum Gasteiger partial charge on any atom is -0.490 e. The summed E-state index contributed by atoms with van der Waals surface area (Å²) in [5.74, 6) is 0.505. The van der Waals surface area contributed by atoms with Crippen molar-refractivity contribution < 1.29 is 22.7 Å². The second kappa shape index (κ2) is 12.6. The third-order valence-electron chi connectivity index (χ3n) is 5.70. The molecule has 8 nitrogen and oxygen atoms in total. The number of anilines is 1. The van der Waals surface area contributed by atoms with Crippen molar-refractivity contribution in [2.75, 3.05) is 23.7 Å². The molecule has 0 saturated heterocycles. The van der Waals surface area contributed by atoms with Crippen LogP contribution in [0, 0.1) is 0 Å². The van der Waals surface area contributed by atoms with E-state index in [1.807, 2.05) is 49.4 Å². The number of carbonyl (C=O) groups is 1. The van der Waals surface area contributed by atoms with Gasteiger partial charge < -0.3 is 9.47 Å². The van der Waals surface area contributed by atoms with Crippen LogP contribution in [0.2, 0.25) is 5.02 Å². The van der Waals surface area contributed by atoms with E-state index in [0.29, 0.717) is 41.0 Å². The van der Waals surface area contributed by atoms with Gasteiger partial charge in [-0.2, -0.15) is 5.10 Å². The van der Waals surface area contributed by atoms with Crippen LogP contribution < -0.4 is 19.2 Å². The Bertz CT molecular complexity index is 1590. The first-order valence-corrected chi connectivity index (χ1v) is 14.4. The highest BCUT2D eigenvalue weighted by Crippen LogP contribution is 2.30. The Kier molecular flexibility index (Phi) is 9.06. The molecule has 4 aromatic rings. The predicted octanol–water partition coefficient (Wildman–Crippen LogP) is 5.39. The third kappa shape index (κ3) is 7.49. The summed E-state index contributed by atoms with van der Waals surface area (Å²) in [6.07, 6.45) is 2.52. The molecule has 0 aliphatic carbocycles. The summed E-state index contributed by atoms with van der Waals surface area (Å²) in [5.41, 5.74) is 4.45. The molecule has 0 aliphatic rings. The Balaban J connectivity index is 1.44. The van der Waals surface area contributed by atoms with Gasteiger partial charge in [0, 0.05) is 10.4 Å². The molecule has 1 N–H and O–H groups in total. The van der Waals surface area contributed by atoms with Crippen molar-refractivity contribution in [1.82, 2.24) is 5.43 Å². The molecule has 1 amide bonds. The highest BCUT2D eigenvalue weighted by Gasteiger charge is 2.22. The molecule has 0 atom stereocenters. The number of fused-ring (bicyclic) bond motifs is 1. The number of amides is 1. The summed E-state index contributed by atoms with van der Waals surface area (Å²) in [4.78, 5) is 12.7. The minimum absolute atomic E-state index is 0.342. The summed E-state index contributed by atoms with van der Waals surface area (Å²) < 4.78 is 37.8. The fraction of sp³-hybridized carbons (Fsp3) is 0.172. The first-order chi connectivity index (χ1) is 18.7. The van der Waals surface area contributed by atoms with Crippen molar-refractivity contribution in [3.8, 4) is 11.5 Å². The highest BCUT2D eigenvalue weighted by atomic mass is 35.5. The molecular formula is C29H28ClN3O5S. The summed E-state index contributed by atoms with van der Waals surface area (Å²) in [5, 5.41) is 6.26. The van der Waals surface area contributed by atoms with Crippen LogP contribution in [0.4, 0.5) is 5.69 Å². The van der Waals surface area contributed by atoms with Crippen LogP contribution in [0.1, 0.15) is 18.1 Å². The number of nitrogens with one attached hydrogen (secondary N) is 1. The number of benzene rings is 4. The third-order valence-corrected chi connectivity index (χ3v) is 7.08. The zero-order valence-electron chi connectivity index (χ0n) is 21.5. The zero-order valence-corrected chi connectivity index (χ0v) is 23.1. The normalized spacial score (nSPS) is 11.5. The maximum absolute atomic E-state index is 12.7. The van der Waals surface area contributed by atoms with E-state index in [-0.39, 0.29) is 0 Å².